The molecule has 0 radical (unpaired) electrons. The highest BCUT2D eigenvalue weighted by molar-refractivity contribution is 6.17. The molecule has 0 unspecified atom stereocenters. The highest BCUT2D eigenvalue weighted by Gasteiger charge is 2.01. The van der Waals surface area contributed by atoms with E-state index in [4.69, 9.17) is 16.0 Å². The molecular formula is C10H10ClNO2. The molecule has 0 aliphatic carbocycles. The SMILES string of the molecule is O=c1[nH]c2cc(CCCCl)ccc2o1. The summed E-state index contributed by atoms with van der Waals surface area (Å²) in [5.41, 5.74) is 2.52. The molecule has 14 heavy (non-hydrogen) atoms. The van der Waals surface area contributed by atoms with Crippen LogP contribution < -0.4 is 5.76 Å². The number of H-pyrrole nitrogens is 1. The monoisotopic (exact) mass is 211 g/mol. The minimum Gasteiger partial charge on any atom is -0.408 e. The summed E-state index contributed by atoms with van der Waals surface area (Å²) in [5.74, 6) is 0.245. The van der Waals surface area contributed by atoms with E-state index in [1.165, 1.54) is 0 Å². The van der Waals surface area contributed by atoms with Crippen LogP contribution in [-0.4, -0.2) is 10.9 Å². The molecule has 0 fully saturated rings. The zero-order valence-electron chi connectivity index (χ0n) is 7.55. The lowest BCUT2D eigenvalue weighted by Crippen LogP contribution is -1.93. The molecule has 0 bridgehead atoms. The molecule has 1 aromatic heterocycles. The molecule has 1 aromatic carbocycles. The van der Waals surface area contributed by atoms with Gasteiger partial charge in [-0.15, -0.1) is 11.6 Å². The van der Waals surface area contributed by atoms with Gasteiger partial charge in [0.15, 0.2) is 5.58 Å². The smallest absolute Gasteiger partial charge is 0.408 e. The maximum absolute atomic E-state index is 10.9. The highest BCUT2D eigenvalue weighted by atomic mass is 35.5. The Kier molecular flexibility index (Phi) is 2.59. The third-order valence-corrected chi connectivity index (χ3v) is 2.35. The third kappa shape index (κ3) is 1.82. The Morgan fingerprint density at radius 3 is 3.07 bits per heavy atom. The summed E-state index contributed by atoms with van der Waals surface area (Å²) in [6.07, 6.45) is 1.86. The first-order valence-corrected chi connectivity index (χ1v) is 5.01. The largest absolute Gasteiger partial charge is 0.417 e. The van der Waals surface area contributed by atoms with E-state index in [2.05, 4.69) is 4.98 Å². The van der Waals surface area contributed by atoms with Crippen molar-refractivity contribution in [1.82, 2.24) is 4.98 Å². The first-order valence-electron chi connectivity index (χ1n) is 4.47. The van der Waals surface area contributed by atoms with E-state index >= 15 is 0 Å². The molecule has 2 rings (SSSR count). The van der Waals surface area contributed by atoms with E-state index in [0.717, 1.165) is 23.9 Å². The average molecular weight is 212 g/mol. The number of oxazole rings is 1. The Morgan fingerprint density at radius 2 is 2.29 bits per heavy atom. The minimum absolute atomic E-state index is 0.408. The van der Waals surface area contributed by atoms with Crippen molar-refractivity contribution in [3.8, 4) is 0 Å². The summed E-state index contributed by atoms with van der Waals surface area (Å²) in [7, 11) is 0. The predicted octanol–water partition coefficient (Wildman–Crippen LogP) is 2.29. The molecule has 0 amide bonds. The van der Waals surface area contributed by atoms with Crippen LogP contribution in [0.25, 0.3) is 11.1 Å². The number of aromatic amines is 1. The van der Waals surface area contributed by atoms with Crippen LogP contribution in [-0.2, 0) is 6.42 Å². The van der Waals surface area contributed by atoms with Crippen molar-refractivity contribution in [2.45, 2.75) is 12.8 Å². The lowest BCUT2D eigenvalue weighted by molar-refractivity contribution is 0.555. The van der Waals surface area contributed by atoms with Gasteiger partial charge in [-0.3, -0.25) is 4.98 Å². The fourth-order valence-electron chi connectivity index (χ4n) is 1.43. The van der Waals surface area contributed by atoms with Gasteiger partial charge in [-0.05, 0) is 30.5 Å². The zero-order chi connectivity index (χ0) is 9.97. The molecule has 74 valence electrons. The number of aromatic nitrogens is 1. The number of benzene rings is 1. The van der Waals surface area contributed by atoms with E-state index in [1.54, 1.807) is 6.07 Å². The number of hydrogen-bond acceptors (Lipinski definition) is 2. The number of aryl methyl sites for hydroxylation is 1. The van der Waals surface area contributed by atoms with Gasteiger partial charge < -0.3 is 4.42 Å². The number of alkyl halides is 1. The molecular weight excluding hydrogens is 202 g/mol. The molecule has 0 saturated heterocycles. The van der Waals surface area contributed by atoms with E-state index in [-0.39, 0.29) is 0 Å². The van der Waals surface area contributed by atoms with Gasteiger partial charge in [-0.1, -0.05) is 6.07 Å². The normalized spacial score (nSPS) is 10.9. The lowest BCUT2D eigenvalue weighted by atomic mass is 10.1. The molecule has 3 nitrogen and oxygen atoms in total. The summed E-state index contributed by atoms with van der Waals surface area (Å²) in [6.45, 7) is 0. The van der Waals surface area contributed by atoms with Gasteiger partial charge in [-0.2, -0.15) is 0 Å². The molecule has 0 spiro atoms. The van der Waals surface area contributed by atoms with Gasteiger partial charge in [-0.25, -0.2) is 4.79 Å². The van der Waals surface area contributed by atoms with Crippen LogP contribution in [0.4, 0.5) is 0 Å². The van der Waals surface area contributed by atoms with Crippen LogP contribution in [0.1, 0.15) is 12.0 Å². The maximum Gasteiger partial charge on any atom is 0.417 e. The summed E-state index contributed by atoms with van der Waals surface area (Å²) in [4.78, 5) is 13.5. The molecule has 1 N–H and O–H groups in total. The Balaban J connectivity index is 2.35. The summed E-state index contributed by atoms with van der Waals surface area (Å²) in [6, 6.07) is 5.68. The molecule has 0 atom stereocenters. The first-order chi connectivity index (χ1) is 6.79. The van der Waals surface area contributed by atoms with Crippen LogP contribution in [0.3, 0.4) is 0 Å². The standard InChI is InChI=1S/C10H10ClNO2/c11-5-1-2-7-3-4-9-8(6-7)12-10(13)14-9/h3-4,6H,1-2,5H2,(H,12,13). The van der Waals surface area contributed by atoms with Gasteiger partial charge in [0.05, 0.1) is 5.52 Å². The van der Waals surface area contributed by atoms with E-state index < -0.39 is 5.76 Å². The predicted molar refractivity (Wildman–Crippen MR) is 55.9 cm³/mol. The van der Waals surface area contributed by atoms with Crippen molar-refractivity contribution in [3.05, 3.63) is 34.3 Å². The molecule has 0 aliphatic rings. The van der Waals surface area contributed by atoms with Gasteiger partial charge in [0.25, 0.3) is 0 Å². The number of fused-ring (bicyclic) bond motifs is 1. The lowest BCUT2D eigenvalue weighted by Gasteiger charge is -1.97. The van der Waals surface area contributed by atoms with Crippen molar-refractivity contribution < 1.29 is 4.42 Å². The van der Waals surface area contributed by atoms with Crippen LogP contribution in [0.15, 0.2) is 27.4 Å². The molecule has 1 heterocycles. The van der Waals surface area contributed by atoms with Crippen molar-refractivity contribution in [1.29, 1.82) is 0 Å². The summed E-state index contributed by atoms with van der Waals surface area (Å²) < 4.78 is 4.89. The van der Waals surface area contributed by atoms with Gasteiger partial charge in [0, 0.05) is 5.88 Å². The average Bonchev–Trinajstić information content (AvgIpc) is 2.54. The van der Waals surface area contributed by atoms with E-state index in [0.29, 0.717) is 11.5 Å². The third-order valence-electron chi connectivity index (χ3n) is 2.08. The Morgan fingerprint density at radius 1 is 1.43 bits per heavy atom. The Labute approximate surface area is 85.7 Å². The van der Waals surface area contributed by atoms with E-state index in [1.807, 2.05) is 12.1 Å². The molecule has 4 heteroatoms. The Hall–Kier alpha value is -1.22. The zero-order valence-corrected chi connectivity index (χ0v) is 8.30. The van der Waals surface area contributed by atoms with E-state index in [9.17, 15) is 4.79 Å². The number of halogens is 1. The van der Waals surface area contributed by atoms with Crippen LogP contribution >= 0.6 is 11.6 Å². The number of rotatable bonds is 3. The van der Waals surface area contributed by atoms with Gasteiger partial charge >= 0.3 is 5.76 Å². The second-order valence-corrected chi connectivity index (χ2v) is 3.52. The van der Waals surface area contributed by atoms with Crippen molar-refractivity contribution in [2.24, 2.45) is 0 Å². The van der Waals surface area contributed by atoms with Crippen LogP contribution in [0.5, 0.6) is 0 Å². The molecule has 0 aliphatic heterocycles. The summed E-state index contributed by atoms with van der Waals surface area (Å²) in [5, 5.41) is 0. The number of nitrogens with one attached hydrogen (secondary N) is 1. The number of hydrogen-bond donors (Lipinski definition) is 1. The molecule has 2 aromatic rings. The second-order valence-electron chi connectivity index (χ2n) is 3.14. The van der Waals surface area contributed by atoms with Crippen molar-refractivity contribution >= 4 is 22.7 Å². The topological polar surface area (TPSA) is 46.0 Å². The van der Waals surface area contributed by atoms with Crippen LogP contribution in [0.2, 0.25) is 0 Å². The quantitative estimate of drug-likeness (QED) is 0.792. The highest BCUT2D eigenvalue weighted by Crippen LogP contribution is 2.13. The maximum atomic E-state index is 10.9. The fourth-order valence-corrected chi connectivity index (χ4v) is 1.56. The van der Waals surface area contributed by atoms with Gasteiger partial charge in [0.1, 0.15) is 0 Å². The first kappa shape index (κ1) is 9.34. The molecule has 0 saturated carbocycles. The van der Waals surface area contributed by atoms with Crippen molar-refractivity contribution in [2.75, 3.05) is 5.88 Å². The second kappa shape index (κ2) is 3.88. The summed E-state index contributed by atoms with van der Waals surface area (Å²) >= 11 is 5.60. The van der Waals surface area contributed by atoms with Gasteiger partial charge in [0.2, 0.25) is 0 Å². The van der Waals surface area contributed by atoms with Crippen LogP contribution in [0, 0.1) is 0 Å². The van der Waals surface area contributed by atoms with Crippen molar-refractivity contribution in [3.63, 3.8) is 0 Å². The fraction of sp³-hybridized carbons (Fsp3) is 0.300. The Bertz CT molecular complexity index is 486. The minimum atomic E-state index is -0.408.